The fourth-order valence-electron chi connectivity index (χ4n) is 3.05. The lowest BCUT2D eigenvalue weighted by molar-refractivity contribution is -0.155. The van der Waals surface area contributed by atoms with Crippen LogP contribution in [0.3, 0.4) is 0 Å². The van der Waals surface area contributed by atoms with Crippen LogP contribution in [0.15, 0.2) is 35.1 Å². The number of hydrogen-bond acceptors (Lipinski definition) is 7. The molecule has 24 heavy (non-hydrogen) atoms. The van der Waals surface area contributed by atoms with Gasteiger partial charge in [0.25, 0.3) is 0 Å². The van der Waals surface area contributed by atoms with Crippen LogP contribution in [0.1, 0.15) is 20.3 Å². The van der Waals surface area contributed by atoms with Gasteiger partial charge in [0.05, 0.1) is 31.8 Å². The van der Waals surface area contributed by atoms with Crippen molar-refractivity contribution in [3.63, 3.8) is 0 Å². The second kappa shape index (κ2) is 7.00. The van der Waals surface area contributed by atoms with E-state index in [0.29, 0.717) is 11.9 Å². The lowest BCUT2D eigenvalue weighted by Crippen LogP contribution is -2.49. The minimum atomic E-state index is -1.36. The molecule has 2 rings (SSSR count). The first-order valence-corrected chi connectivity index (χ1v) is 7.56. The average molecular weight is 336 g/mol. The van der Waals surface area contributed by atoms with Crippen molar-refractivity contribution in [2.45, 2.75) is 32.0 Å². The van der Waals surface area contributed by atoms with Crippen molar-refractivity contribution in [2.75, 3.05) is 13.7 Å². The van der Waals surface area contributed by atoms with Crippen molar-refractivity contribution in [2.24, 2.45) is 5.92 Å². The van der Waals surface area contributed by atoms with Crippen molar-refractivity contribution >= 4 is 18.2 Å². The van der Waals surface area contributed by atoms with Gasteiger partial charge >= 0.3 is 11.9 Å². The van der Waals surface area contributed by atoms with E-state index in [0.717, 1.165) is 0 Å². The highest BCUT2D eigenvalue weighted by atomic mass is 16.6. The van der Waals surface area contributed by atoms with Crippen LogP contribution in [0.4, 0.5) is 0 Å². The molecule has 130 valence electrons. The molecule has 7 nitrogen and oxygen atoms in total. The number of aldehydes is 1. The first kappa shape index (κ1) is 17.9. The highest BCUT2D eigenvalue weighted by molar-refractivity contribution is 5.89. The Morgan fingerprint density at radius 1 is 1.54 bits per heavy atom. The lowest BCUT2D eigenvalue weighted by Gasteiger charge is -2.40. The number of aliphatic hydroxyl groups is 1. The molecule has 0 radical (unpaired) electrons. The number of carbonyl (C=O) groups is 3. The zero-order valence-corrected chi connectivity index (χ0v) is 13.8. The van der Waals surface area contributed by atoms with E-state index in [2.05, 4.69) is 0 Å². The number of hydrogen-bond donors (Lipinski definition) is 1. The van der Waals surface area contributed by atoms with Crippen LogP contribution >= 0.6 is 0 Å². The summed E-state index contributed by atoms with van der Waals surface area (Å²) in [7, 11) is 1.37. The molecule has 0 amide bonds. The molecule has 0 aromatic carbocycles. The van der Waals surface area contributed by atoms with Gasteiger partial charge in [-0.1, -0.05) is 6.08 Å². The maximum absolute atomic E-state index is 11.9. The molecule has 0 aromatic heterocycles. The molecular weight excluding hydrogens is 316 g/mol. The summed E-state index contributed by atoms with van der Waals surface area (Å²) in [5.41, 5.74) is -0.801. The molecule has 0 saturated heterocycles. The van der Waals surface area contributed by atoms with E-state index in [-0.39, 0.29) is 24.4 Å². The largest absolute Gasteiger partial charge is 0.497 e. The molecule has 0 fully saturated rings. The Morgan fingerprint density at radius 3 is 2.83 bits per heavy atom. The second-order valence-corrected chi connectivity index (χ2v) is 5.65. The maximum Gasteiger partial charge on any atom is 0.335 e. The van der Waals surface area contributed by atoms with E-state index in [4.69, 9.17) is 14.2 Å². The summed E-state index contributed by atoms with van der Waals surface area (Å²) < 4.78 is 15.6. The summed E-state index contributed by atoms with van der Waals surface area (Å²) in [5.74, 6) is -1.74. The number of esters is 2. The minimum Gasteiger partial charge on any atom is -0.497 e. The number of carbonyl (C=O) groups excluding carboxylic acids is 3. The van der Waals surface area contributed by atoms with E-state index in [1.54, 1.807) is 13.8 Å². The average Bonchev–Trinajstić information content (AvgIpc) is 2.86. The number of rotatable bonds is 5. The van der Waals surface area contributed by atoms with Crippen LogP contribution in [0.5, 0.6) is 0 Å². The van der Waals surface area contributed by atoms with E-state index in [9.17, 15) is 19.5 Å². The molecule has 0 bridgehead atoms. The highest BCUT2D eigenvalue weighted by Gasteiger charge is 2.54. The summed E-state index contributed by atoms with van der Waals surface area (Å²) in [5, 5.41) is 10.5. The normalized spacial score (nSPS) is 29.7. The molecular formula is C17H20O7. The molecule has 0 saturated carbocycles. The van der Waals surface area contributed by atoms with Gasteiger partial charge in [0.15, 0.2) is 5.60 Å². The predicted molar refractivity (Wildman–Crippen MR) is 82.6 cm³/mol. The lowest BCUT2D eigenvalue weighted by atomic mass is 9.72. The summed E-state index contributed by atoms with van der Waals surface area (Å²) in [6.45, 7) is 3.45. The van der Waals surface area contributed by atoms with Gasteiger partial charge in [-0.2, -0.15) is 0 Å². The molecule has 1 spiro atoms. The molecule has 3 atom stereocenters. The van der Waals surface area contributed by atoms with Crippen molar-refractivity contribution in [1.29, 1.82) is 0 Å². The van der Waals surface area contributed by atoms with Crippen molar-refractivity contribution in [3.05, 3.63) is 35.1 Å². The van der Waals surface area contributed by atoms with Crippen LogP contribution in [0.25, 0.3) is 0 Å². The first-order chi connectivity index (χ1) is 11.4. The van der Waals surface area contributed by atoms with E-state index in [1.165, 1.54) is 25.3 Å². The molecule has 0 aromatic rings. The smallest absolute Gasteiger partial charge is 0.335 e. The van der Waals surface area contributed by atoms with Gasteiger partial charge in [-0.25, -0.2) is 9.59 Å². The summed E-state index contributed by atoms with van der Waals surface area (Å²) in [6, 6.07) is 0. The fourth-order valence-corrected chi connectivity index (χ4v) is 3.05. The monoisotopic (exact) mass is 336 g/mol. The van der Waals surface area contributed by atoms with Gasteiger partial charge in [-0.05, 0) is 25.5 Å². The minimum absolute atomic E-state index is 0.0518. The highest BCUT2D eigenvalue weighted by Crippen LogP contribution is 2.46. The Morgan fingerprint density at radius 2 is 2.25 bits per heavy atom. The Labute approximate surface area is 139 Å². The fraction of sp³-hybridized carbons (Fsp3) is 0.471. The van der Waals surface area contributed by atoms with Gasteiger partial charge in [0, 0.05) is 12.0 Å². The molecule has 1 heterocycles. The first-order valence-electron chi connectivity index (χ1n) is 7.56. The zero-order valence-electron chi connectivity index (χ0n) is 13.8. The SMILES string of the molecule is CCOC(=O)/C(C)=C/[C@@H]1[C@@H](O)C=C(C=O)C[C@]12OC(=O)C=C2OC. The van der Waals surface area contributed by atoms with Crippen LogP contribution in [-0.2, 0) is 28.6 Å². The Bertz CT molecular complexity index is 643. The Hall–Kier alpha value is -2.41. The second-order valence-electron chi connectivity index (χ2n) is 5.65. The third-order valence-electron chi connectivity index (χ3n) is 4.10. The number of ether oxygens (including phenoxy) is 3. The Kier molecular flexibility index (Phi) is 5.23. The van der Waals surface area contributed by atoms with Crippen LogP contribution in [0.2, 0.25) is 0 Å². The quantitative estimate of drug-likeness (QED) is 0.451. The molecule has 0 unspecified atom stereocenters. The third-order valence-corrected chi connectivity index (χ3v) is 4.10. The van der Waals surface area contributed by atoms with Gasteiger partial charge in [-0.15, -0.1) is 0 Å². The van der Waals surface area contributed by atoms with Gasteiger partial charge in [-0.3, -0.25) is 4.79 Å². The summed E-state index contributed by atoms with van der Waals surface area (Å²) >= 11 is 0. The van der Waals surface area contributed by atoms with Gasteiger partial charge < -0.3 is 19.3 Å². The van der Waals surface area contributed by atoms with E-state index in [1.807, 2.05) is 0 Å². The Balaban J connectivity index is 2.49. The number of aliphatic hydroxyl groups excluding tert-OH is 1. The van der Waals surface area contributed by atoms with Crippen molar-refractivity contribution < 1.29 is 33.7 Å². The maximum atomic E-state index is 11.9. The standard InChI is InChI=1S/C17H20O7/c1-4-23-16(21)10(2)5-12-13(19)6-11(9-18)8-17(12)14(22-3)7-15(20)24-17/h5-7,9,12-13,19H,4,8H2,1-3H3/b10-5+/t12-,13+,17+/m1/s1. The topological polar surface area (TPSA) is 99.1 Å². The molecule has 2 aliphatic rings. The van der Waals surface area contributed by atoms with E-state index < -0.39 is 29.6 Å². The molecule has 7 heteroatoms. The van der Waals surface area contributed by atoms with Gasteiger partial charge in [0.2, 0.25) is 0 Å². The van der Waals surface area contributed by atoms with Crippen LogP contribution < -0.4 is 0 Å². The molecule has 1 aliphatic heterocycles. The van der Waals surface area contributed by atoms with Crippen LogP contribution in [-0.4, -0.2) is 48.8 Å². The van der Waals surface area contributed by atoms with Crippen LogP contribution in [0, 0.1) is 5.92 Å². The third kappa shape index (κ3) is 3.12. The van der Waals surface area contributed by atoms with E-state index >= 15 is 0 Å². The molecule has 1 aliphatic carbocycles. The number of methoxy groups -OCH3 is 1. The van der Waals surface area contributed by atoms with Crippen molar-refractivity contribution in [3.8, 4) is 0 Å². The molecule has 1 N–H and O–H groups in total. The summed E-state index contributed by atoms with van der Waals surface area (Å²) in [4.78, 5) is 34.8. The van der Waals surface area contributed by atoms with Gasteiger partial charge in [0.1, 0.15) is 12.0 Å². The summed E-state index contributed by atoms with van der Waals surface area (Å²) in [6.07, 6.45) is 3.58. The zero-order chi connectivity index (χ0) is 17.9. The predicted octanol–water partition coefficient (Wildman–Crippen LogP) is 0.828. The van der Waals surface area contributed by atoms with Crippen molar-refractivity contribution in [1.82, 2.24) is 0 Å².